The van der Waals surface area contributed by atoms with Crippen molar-refractivity contribution in [3.8, 4) is 0 Å². The number of rotatable bonds is 7. The summed E-state index contributed by atoms with van der Waals surface area (Å²) in [5.74, 6) is 6.14. The van der Waals surface area contributed by atoms with Crippen LogP contribution in [-0.4, -0.2) is 18.8 Å². The highest BCUT2D eigenvalue weighted by atomic mass is 16.5. The van der Waals surface area contributed by atoms with Crippen LogP contribution in [0.15, 0.2) is 24.3 Å². The van der Waals surface area contributed by atoms with E-state index in [9.17, 15) is 0 Å². The van der Waals surface area contributed by atoms with Crippen molar-refractivity contribution in [2.24, 2.45) is 11.8 Å². The number of aryl methyl sites for hydroxylation is 1. The molecule has 3 heteroatoms. The van der Waals surface area contributed by atoms with Gasteiger partial charge in [0.15, 0.2) is 0 Å². The zero-order chi connectivity index (χ0) is 13.5. The third kappa shape index (κ3) is 4.41. The lowest BCUT2D eigenvalue weighted by Crippen LogP contribution is -2.48. The maximum atomic E-state index is 5.82. The molecule has 0 bridgehead atoms. The van der Waals surface area contributed by atoms with Gasteiger partial charge in [0.05, 0.1) is 12.1 Å². The second-order valence-electron chi connectivity index (χ2n) is 5.13. The van der Waals surface area contributed by atoms with Gasteiger partial charge in [-0.15, -0.1) is 0 Å². The number of nitrogens with one attached hydrogen (secondary N) is 1. The largest absolute Gasteiger partial charge is 0.377 e. The van der Waals surface area contributed by atoms with E-state index < -0.39 is 0 Å². The zero-order valence-corrected chi connectivity index (χ0v) is 11.9. The van der Waals surface area contributed by atoms with E-state index >= 15 is 0 Å². The van der Waals surface area contributed by atoms with Gasteiger partial charge >= 0.3 is 0 Å². The van der Waals surface area contributed by atoms with Crippen molar-refractivity contribution in [1.82, 2.24) is 5.43 Å². The summed E-state index contributed by atoms with van der Waals surface area (Å²) in [6.45, 7) is 9.18. The fourth-order valence-electron chi connectivity index (χ4n) is 2.33. The Hall–Kier alpha value is -0.900. The molecule has 1 rings (SSSR count). The van der Waals surface area contributed by atoms with Gasteiger partial charge in [0.2, 0.25) is 0 Å². The van der Waals surface area contributed by atoms with Gasteiger partial charge in [0.25, 0.3) is 0 Å². The van der Waals surface area contributed by atoms with Crippen LogP contribution in [0, 0.1) is 12.8 Å². The van der Waals surface area contributed by atoms with Crippen LogP contribution < -0.4 is 11.3 Å². The number of ether oxygens (including phenoxy) is 1. The Morgan fingerprint density at radius 2 is 2.06 bits per heavy atom. The third-order valence-corrected chi connectivity index (χ3v) is 3.16. The standard InChI is InChI=1S/C15H26N2O/c1-5-18-15(11(2)3)14(17-16)10-13-8-6-7-12(4)9-13/h6-9,11,14-15,17H,5,10,16H2,1-4H3. The summed E-state index contributed by atoms with van der Waals surface area (Å²) in [6, 6.07) is 8.68. The number of hydrogen-bond acceptors (Lipinski definition) is 3. The van der Waals surface area contributed by atoms with Crippen LogP contribution in [0.25, 0.3) is 0 Å². The summed E-state index contributed by atoms with van der Waals surface area (Å²) in [5, 5.41) is 0. The summed E-state index contributed by atoms with van der Waals surface area (Å²) in [5.41, 5.74) is 5.48. The highest BCUT2D eigenvalue weighted by Crippen LogP contribution is 2.16. The Labute approximate surface area is 111 Å². The molecule has 1 aromatic carbocycles. The van der Waals surface area contributed by atoms with Crippen molar-refractivity contribution in [3.63, 3.8) is 0 Å². The lowest BCUT2D eigenvalue weighted by Gasteiger charge is -2.29. The van der Waals surface area contributed by atoms with Crippen LogP contribution >= 0.6 is 0 Å². The molecule has 0 amide bonds. The fourth-order valence-corrected chi connectivity index (χ4v) is 2.33. The number of hydrogen-bond donors (Lipinski definition) is 2. The maximum absolute atomic E-state index is 5.82. The van der Waals surface area contributed by atoms with E-state index in [-0.39, 0.29) is 12.1 Å². The first-order valence-electron chi connectivity index (χ1n) is 6.71. The van der Waals surface area contributed by atoms with Gasteiger partial charge < -0.3 is 4.74 Å². The Bertz CT molecular complexity index is 352. The summed E-state index contributed by atoms with van der Waals surface area (Å²) in [6.07, 6.45) is 1.03. The van der Waals surface area contributed by atoms with Gasteiger partial charge in [0, 0.05) is 6.61 Å². The van der Waals surface area contributed by atoms with E-state index in [0.717, 1.165) is 13.0 Å². The first kappa shape index (κ1) is 15.2. The molecule has 0 aliphatic rings. The molecule has 2 unspecified atom stereocenters. The Kier molecular flexibility index (Phi) is 6.33. The smallest absolute Gasteiger partial charge is 0.0767 e. The number of benzene rings is 1. The molecule has 0 saturated carbocycles. The van der Waals surface area contributed by atoms with Gasteiger partial charge in [-0.3, -0.25) is 11.3 Å². The molecular weight excluding hydrogens is 224 g/mol. The first-order valence-corrected chi connectivity index (χ1v) is 6.71. The predicted octanol–water partition coefficient (Wildman–Crippen LogP) is 2.43. The van der Waals surface area contributed by atoms with Crippen molar-refractivity contribution in [2.45, 2.75) is 46.3 Å². The normalized spacial score (nSPS) is 14.8. The monoisotopic (exact) mass is 250 g/mol. The minimum Gasteiger partial charge on any atom is -0.377 e. The average molecular weight is 250 g/mol. The molecule has 0 radical (unpaired) electrons. The third-order valence-electron chi connectivity index (χ3n) is 3.16. The second kappa shape index (κ2) is 7.52. The summed E-state index contributed by atoms with van der Waals surface area (Å²) in [7, 11) is 0. The van der Waals surface area contributed by atoms with Crippen molar-refractivity contribution >= 4 is 0 Å². The van der Waals surface area contributed by atoms with Crippen LogP contribution in [-0.2, 0) is 11.2 Å². The van der Waals surface area contributed by atoms with Crippen LogP contribution in [0.3, 0.4) is 0 Å². The van der Waals surface area contributed by atoms with Crippen LogP contribution in [0.1, 0.15) is 31.9 Å². The highest BCUT2D eigenvalue weighted by Gasteiger charge is 2.24. The molecule has 0 saturated heterocycles. The molecule has 102 valence electrons. The van der Waals surface area contributed by atoms with Crippen molar-refractivity contribution in [1.29, 1.82) is 0 Å². The van der Waals surface area contributed by atoms with E-state index in [1.165, 1.54) is 11.1 Å². The number of nitrogens with two attached hydrogens (primary N) is 1. The topological polar surface area (TPSA) is 47.3 Å². The van der Waals surface area contributed by atoms with Crippen LogP contribution in [0.4, 0.5) is 0 Å². The van der Waals surface area contributed by atoms with E-state index in [1.54, 1.807) is 0 Å². The van der Waals surface area contributed by atoms with Crippen molar-refractivity contribution < 1.29 is 4.74 Å². The summed E-state index contributed by atoms with van der Waals surface area (Å²) in [4.78, 5) is 0. The van der Waals surface area contributed by atoms with Gasteiger partial charge in [-0.25, -0.2) is 0 Å². The maximum Gasteiger partial charge on any atom is 0.0767 e. The molecule has 0 aliphatic carbocycles. The highest BCUT2D eigenvalue weighted by molar-refractivity contribution is 5.23. The van der Waals surface area contributed by atoms with E-state index in [1.807, 2.05) is 6.92 Å². The van der Waals surface area contributed by atoms with E-state index in [0.29, 0.717) is 5.92 Å². The minimum atomic E-state index is 0.139. The van der Waals surface area contributed by atoms with Gasteiger partial charge in [-0.2, -0.15) is 0 Å². The molecule has 0 aliphatic heterocycles. The van der Waals surface area contributed by atoms with Crippen LogP contribution in [0.2, 0.25) is 0 Å². The van der Waals surface area contributed by atoms with Crippen LogP contribution in [0.5, 0.6) is 0 Å². The van der Waals surface area contributed by atoms with Gasteiger partial charge in [0.1, 0.15) is 0 Å². The summed E-state index contributed by atoms with van der Waals surface area (Å²) >= 11 is 0. The SMILES string of the molecule is CCOC(C(C)C)C(Cc1cccc(C)c1)NN. The minimum absolute atomic E-state index is 0.139. The second-order valence-corrected chi connectivity index (χ2v) is 5.13. The molecule has 3 N–H and O–H groups in total. The van der Waals surface area contributed by atoms with Gasteiger partial charge in [-0.1, -0.05) is 43.7 Å². The fraction of sp³-hybridized carbons (Fsp3) is 0.600. The lowest BCUT2D eigenvalue weighted by atomic mass is 9.94. The van der Waals surface area contributed by atoms with E-state index in [2.05, 4.69) is 50.5 Å². The van der Waals surface area contributed by atoms with Crippen molar-refractivity contribution in [3.05, 3.63) is 35.4 Å². The van der Waals surface area contributed by atoms with Gasteiger partial charge in [-0.05, 0) is 31.7 Å². The molecule has 0 heterocycles. The molecule has 1 aromatic rings. The number of hydrazine groups is 1. The first-order chi connectivity index (χ1) is 8.58. The van der Waals surface area contributed by atoms with E-state index in [4.69, 9.17) is 10.6 Å². The molecule has 0 aromatic heterocycles. The average Bonchev–Trinajstić information content (AvgIpc) is 2.33. The predicted molar refractivity (Wildman–Crippen MR) is 76.2 cm³/mol. The Morgan fingerprint density at radius 1 is 1.33 bits per heavy atom. The molecule has 2 atom stereocenters. The zero-order valence-electron chi connectivity index (χ0n) is 11.9. The molecule has 0 fully saturated rings. The Balaban J connectivity index is 2.76. The van der Waals surface area contributed by atoms with Crippen molar-refractivity contribution in [2.75, 3.05) is 6.61 Å². The summed E-state index contributed by atoms with van der Waals surface area (Å²) < 4.78 is 5.82. The quantitative estimate of drug-likeness (QED) is 0.577. The molecule has 18 heavy (non-hydrogen) atoms. The Morgan fingerprint density at radius 3 is 2.56 bits per heavy atom. The molecule has 0 spiro atoms. The lowest BCUT2D eigenvalue weighted by molar-refractivity contribution is 0.00355. The molecular formula is C15H26N2O. The molecule has 3 nitrogen and oxygen atoms in total.